The van der Waals surface area contributed by atoms with Crippen molar-refractivity contribution in [1.82, 2.24) is 67.7 Å². The minimum Gasteiger partial charge on any atom is -0.460 e. The largest absolute Gasteiger partial charge is 0.460 e. The molecule has 0 radical (unpaired) electrons. The summed E-state index contributed by atoms with van der Waals surface area (Å²) < 4.78 is 103. The van der Waals surface area contributed by atoms with Crippen molar-refractivity contribution in [2.75, 3.05) is 101 Å². The number of rotatable bonds is 34. The van der Waals surface area contributed by atoms with Crippen LogP contribution in [-0.2, 0) is 94.9 Å². The van der Waals surface area contributed by atoms with E-state index in [1.165, 1.54) is 41.6 Å². The van der Waals surface area contributed by atoms with Crippen LogP contribution in [0.4, 0.5) is 36.9 Å². The van der Waals surface area contributed by atoms with Gasteiger partial charge in [-0.1, -0.05) is 6.92 Å². The Labute approximate surface area is 758 Å². The smallest absolute Gasteiger partial charge is 0.427 e. The van der Waals surface area contributed by atoms with Crippen molar-refractivity contribution in [2.24, 2.45) is 0 Å². The molecule has 45 nitrogen and oxygen atoms in total. The molecule has 11 rings (SSSR count). The Morgan fingerprint density at radius 2 is 0.878 bits per heavy atom. The summed E-state index contributed by atoms with van der Waals surface area (Å²) >= 11 is 0. The maximum absolute atomic E-state index is 13.2. The van der Waals surface area contributed by atoms with Gasteiger partial charge in [-0.3, -0.25) is 67.2 Å². The van der Waals surface area contributed by atoms with E-state index in [0.29, 0.717) is 132 Å². The molecule has 7 aromatic heterocycles. The summed E-state index contributed by atoms with van der Waals surface area (Å²) in [5, 5.41) is 2.46. The Balaban J connectivity index is 0.000000217. The standard InChI is InChI=1S/C24H37N5O8.C24H37N5O7.C19H27N5O6.C19H30N2O7/c1-9-33-12-15-14(34-10-2)11-16(35-15)28-13-25-17-18(28)26-20(27-19(17)30)29(21(31)36-23(3,4)5)22(32)37-24(6,7)8;1-8-32-11-17-16(33-9-2)10-18(35-17)29-14-27-19-20(25-13-26-21(19)29)28(12-24(6,7)34-15-30)22(31)36-23(3,4)5;1-4-11(25)7-14(26)21-19-22-17-16(18(27)23-19)20-10-24(17)15-8-12(29-6-3)13(30-15)9-28-5-2;1-7-25-11-14-13(26-8-2)9-15(27-14)20-10-12(3)16(22)21(17(20)23)18(24)28-19(4,5)6/h13-16H,9-12H2,1-8H3,(H,26,27,30);13-18H,8-12H2,1-7H3;10,12-13,15H,4-9H2,1-3H3,(H2,21,22,23,26,27);10,13-15H,7-9,11H2,1-6H3/t14-,15-,16-;16-,17-,18-;12-,13-,15-;13-,14-,15-/m1111/s1. The highest BCUT2D eigenvalue weighted by molar-refractivity contribution is 6.08. The molecule has 11 heterocycles. The van der Waals surface area contributed by atoms with Crippen LogP contribution in [0.1, 0.15) is 228 Å². The fraction of sp³-hybridized carbons (Fsp3) is 0.698. The molecular weight excluding hydrogens is 1720 g/mol. The molecule has 0 aromatic carbocycles. The highest BCUT2D eigenvalue weighted by Crippen LogP contribution is 2.38. The minimum absolute atomic E-state index is 0.0115. The van der Waals surface area contributed by atoms with Crippen LogP contribution in [0.15, 0.2) is 50.7 Å². The second-order valence-electron chi connectivity index (χ2n) is 35.1. The maximum Gasteiger partial charge on any atom is 0.427 e. The Kier molecular flexibility index (Phi) is 38.2. The first kappa shape index (κ1) is 106. The van der Waals surface area contributed by atoms with E-state index in [1.807, 2.05) is 55.4 Å². The van der Waals surface area contributed by atoms with Gasteiger partial charge in [-0.05, 0) is 159 Å². The van der Waals surface area contributed by atoms with Gasteiger partial charge < -0.3 is 80.5 Å². The number of Topliss-reactive ketones (excluding diaryl/α,β-unsaturated/α-hetero) is 1. The lowest BCUT2D eigenvalue weighted by Crippen LogP contribution is -2.47. The number of imidazole rings is 3. The first-order valence-electron chi connectivity index (χ1n) is 44.1. The monoisotopic (exact) mass is 1850 g/mol. The fourth-order valence-corrected chi connectivity index (χ4v) is 14.1. The van der Waals surface area contributed by atoms with Gasteiger partial charge in [0.15, 0.2) is 39.3 Å². The number of nitrogens with zero attached hydrogens (tertiary/aromatic N) is 14. The predicted molar refractivity (Wildman–Crippen MR) is 473 cm³/mol. The van der Waals surface area contributed by atoms with Crippen molar-refractivity contribution >= 4 is 93.7 Å². The summed E-state index contributed by atoms with van der Waals surface area (Å²) in [5.41, 5.74) is -5.48. The number of nitrogens with one attached hydrogen (secondary N) is 3. The number of anilines is 3. The number of aryl methyl sites for hydroxylation is 1. The van der Waals surface area contributed by atoms with Crippen LogP contribution in [0.2, 0.25) is 0 Å². The van der Waals surface area contributed by atoms with E-state index in [4.69, 9.17) is 80.5 Å². The number of fused-ring (bicyclic) bond motifs is 3. The number of amides is 4. The van der Waals surface area contributed by atoms with Crippen molar-refractivity contribution in [3.05, 3.63) is 78.6 Å². The van der Waals surface area contributed by atoms with Gasteiger partial charge in [0.25, 0.3) is 23.2 Å². The zero-order valence-corrected chi connectivity index (χ0v) is 79.5. The Morgan fingerprint density at radius 1 is 0.489 bits per heavy atom. The molecule has 0 unspecified atom stereocenters. The van der Waals surface area contributed by atoms with Crippen molar-refractivity contribution < 1.29 is 114 Å². The van der Waals surface area contributed by atoms with Crippen LogP contribution < -0.4 is 37.5 Å². The van der Waals surface area contributed by atoms with Gasteiger partial charge >= 0.3 is 30.1 Å². The van der Waals surface area contributed by atoms with Crippen LogP contribution >= 0.6 is 0 Å². The van der Waals surface area contributed by atoms with E-state index in [-0.39, 0.29) is 126 Å². The van der Waals surface area contributed by atoms with Gasteiger partial charge in [0.2, 0.25) is 17.8 Å². The summed E-state index contributed by atoms with van der Waals surface area (Å²) in [4.78, 5) is 174. The third kappa shape index (κ3) is 29.3. The Hall–Kier alpha value is -10.5. The maximum atomic E-state index is 13.2. The lowest BCUT2D eigenvalue weighted by Gasteiger charge is -2.32. The van der Waals surface area contributed by atoms with E-state index in [9.17, 15) is 52.7 Å². The summed E-state index contributed by atoms with van der Waals surface area (Å²) in [7, 11) is 0. The summed E-state index contributed by atoms with van der Waals surface area (Å²) in [6.45, 7) is 48.2. The van der Waals surface area contributed by atoms with E-state index in [1.54, 1.807) is 124 Å². The zero-order chi connectivity index (χ0) is 96.8. The number of aromatic nitrogens is 14. The number of hydrogen-bond acceptors (Lipinski definition) is 35. The minimum atomic E-state index is -1.05. The van der Waals surface area contributed by atoms with Crippen LogP contribution in [0.25, 0.3) is 33.5 Å². The lowest BCUT2D eigenvalue weighted by atomic mass is 10.1. The number of ether oxygens (including phenoxy) is 17. The molecule has 4 aliphatic rings. The van der Waals surface area contributed by atoms with Crippen molar-refractivity contribution in [2.45, 2.75) is 306 Å². The fourth-order valence-electron chi connectivity index (χ4n) is 14.1. The highest BCUT2D eigenvalue weighted by Gasteiger charge is 2.45. The molecule has 0 spiro atoms. The Bertz CT molecular complexity index is 5200. The number of ketones is 1. The molecule has 0 bridgehead atoms. The molecule has 4 fully saturated rings. The number of carbonyl (C=O) groups is 7. The summed E-state index contributed by atoms with van der Waals surface area (Å²) in [5.74, 6) is -0.925. The van der Waals surface area contributed by atoms with Gasteiger partial charge in [-0.15, -0.1) is 4.90 Å². The lowest BCUT2D eigenvalue weighted by molar-refractivity contribution is -0.139. The van der Waals surface area contributed by atoms with Crippen molar-refractivity contribution in [1.29, 1.82) is 0 Å². The molecule has 0 saturated carbocycles. The molecular formula is C86H131N17O28. The van der Waals surface area contributed by atoms with Crippen LogP contribution in [-0.4, -0.2) is 273 Å². The van der Waals surface area contributed by atoms with Crippen LogP contribution in [0.3, 0.4) is 0 Å². The van der Waals surface area contributed by atoms with E-state index in [0.717, 1.165) is 0 Å². The quantitative estimate of drug-likeness (QED) is 0.0192. The second-order valence-corrected chi connectivity index (χ2v) is 35.1. The third-order valence-corrected chi connectivity index (χ3v) is 19.6. The molecule has 4 amide bonds. The molecule has 4 aliphatic heterocycles. The third-order valence-electron chi connectivity index (χ3n) is 19.6. The molecule has 4 saturated heterocycles. The average Bonchev–Trinajstić information content (AvgIpc) is 1.63. The topological polar surface area (TPSA) is 510 Å². The highest BCUT2D eigenvalue weighted by atomic mass is 16.6. The van der Waals surface area contributed by atoms with E-state index >= 15 is 0 Å². The number of H-pyrrole nitrogens is 2. The van der Waals surface area contributed by atoms with Gasteiger partial charge in [0, 0.05) is 96.7 Å². The molecule has 45 heteroatoms. The van der Waals surface area contributed by atoms with Crippen molar-refractivity contribution in [3.8, 4) is 0 Å². The van der Waals surface area contributed by atoms with E-state index in [2.05, 4.69) is 50.2 Å². The van der Waals surface area contributed by atoms with Gasteiger partial charge in [0.1, 0.15) is 89.4 Å². The predicted octanol–water partition coefficient (Wildman–Crippen LogP) is 9.76. The number of imide groups is 1. The molecule has 131 heavy (non-hydrogen) atoms. The zero-order valence-electron chi connectivity index (χ0n) is 79.5. The molecule has 0 aliphatic carbocycles. The summed E-state index contributed by atoms with van der Waals surface area (Å²) in [6.07, 6.45) is 1.46. The number of aromatic amines is 2. The Morgan fingerprint density at radius 3 is 1.27 bits per heavy atom. The van der Waals surface area contributed by atoms with E-state index < -0.39 is 99.3 Å². The first-order chi connectivity index (χ1) is 61.8. The molecule has 3 N–H and O–H groups in total. The normalized spacial score (nSPS) is 21.0. The number of hydrogen-bond donors (Lipinski definition) is 3. The number of carbonyl (C=O) groups excluding carboxylic acids is 7. The van der Waals surface area contributed by atoms with Gasteiger partial charge in [-0.2, -0.15) is 14.5 Å². The molecule has 12 atom stereocenters. The van der Waals surface area contributed by atoms with Gasteiger partial charge in [0.05, 0.1) is 82.8 Å². The van der Waals surface area contributed by atoms with Crippen molar-refractivity contribution in [3.63, 3.8) is 0 Å². The summed E-state index contributed by atoms with van der Waals surface area (Å²) in [6, 6.07) is 0. The average molecular weight is 1850 g/mol. The SMILES string of the molecule is CCOC[C@H]1O[C@@H](n2cc(C)c(=O)n(C(=O)OC(C)(C)C)c2=O)C[C@H]1OCC.CCOC[C@H]1O[C@@H](n2cnc3c(=O)[nH]c(N(C(=O)OC(C)(C)C)C(=O)OC(C)(C)C)nc32)C[C@H]1OCC.CCOC[C@H]1O[C@@H](n2cnc3c(=O)[nH]c(NC(=O)CC(=O)CC)nc32)C[C@H]1OCC.CCOC[C@H]1O[C@@H](n2cnc3c(N(CC(C)(C)OC=O)C(=O)OC(C)(C)C)ncnc32)C[C@H]1OCC. The van der Waals surface area contributed by atoms with Crippen LogP contribution in [0.5, 0.6) is 0 Å². The first-order valence-corrected chi connectivity index (χ1v) is 44.1. The van der Waals surface area contributed by atoms with Crippen LogP contribution in [0, 0.1) is 6.92 Å². The molecule has 728 valence electrons. The second kappa shape index (κ2) is 47.3. The van der Waals surface area contributed by atoms with Gasteiger partial charge in [-0.25, -0.2) is 48.9 Å². The molecule has 7 aromatic rings.